The van der Waals surface area contributed by atoms with Gasteiger partial charge in [-0.3, -0.25) is 4.79 Å². The van der Waals surface area contributed by atoms with Crippen molar-refractivity contribution in [3.05, 3.63) is 59.7 Å². The van der Waals surface area contributed by atoms with Gasteiger partial charge in [0.2, 0.25) is 11.6 Å². The summed E-state index contributed by atoms with van der Waals surface area (Å²) in [5.41, 5.74) is 2.85. The molecule has 5 rings (SSSR count). The molecule has 0 aliphatic carbocycles. The van der Waals surface area contributed by atoms with E-state index < -0.39 is 5.72 Å². The van der Waals surface area contributed by atoms with Gasteiger partial charge in [0, 0.05) is 44.8 Å². The third-order valence-electron chi connectivity index (χ3n) is 6.32. The molecule has 29 heavy (non-hydrogen) atoms. The van der Waals surface area contributed by atoms with Crippen molar-refractivity contribution in [2.75, 3.05) is 20.2 Å². The zero-order chi connectivity index (χ0) is 20.0. The first-order valence-electron chi connectivity index (χ1n) is 10.1. The van der Waals surface area contributed by atoms with Gasteiger partial charge in [0.1, 0.15) is 11.5 Å². The number of benzene rings is 2. The summed E-state index contributed by atoms with van der Waals surface area (Å²) < 4.78 is 11.9. The Labute approximate surface area is 170 Å². The number of methoxy groups -OCH3 is 1. The molecule has 2 aromatic carbocycles. The number of rotatable bonds is 2. The van der Waals surface area contributed by atoms with E-state index in [1.165, 1.54) is 5.56 Å². The van der Waals surface area contributed by atoms with Crippen LogP contribution in [-0.4, -0.2) is 47.5 Å². The summed E-state index contributed by atoms with van der Waals surface area (Å²) in [6.07, 6.45) is 2.33. The molecule has 3 aliphatic rings. The summed E-state index contributed by atoms with van der Waals surface area (Å²) >= 11 is 0. The molecule has 3 aliphatic heterocycles. The number of likely N-dealkylation sites (tertiary alicyclic amines) is 1. The molecule has 6 heteroatoms. The summed E-state index contributed by atoms with van der Waals surface area (Å²) in [6.45, 7) is 3.01. The molecular weight excluding hydrogens is 366 g/mol. The van der Waals surface area contributed by atoms with Crippen molar-refractivity contribution in [2.24, 2.45) is 5.10 Å². The van der Waals surface area contributed by atoms with E-state index in [4.69, 9.17) is 14.6 Å². The minimum Gasteiger partial charge on any atom is -0.497 e. The number of amides is 1. The fourth-order valence-electron chi connectivity index (χ4n) is 4.69. The van der Waals surface area contributed by atoms with Crippen LogP contribution in [0.1, 0.15) is 43.4 Å². The fraction of sp³-hybridized carbons (Fsp3) is 0.391. The van der Waals surface area contributed by atoms with E-state index in [0.29, 0.717) is 13.1 Å². The van der Waals surface area contributed by atoms with Crippen LogP contribution >= 0.6 is 0 Å². The average Bonchev–Trinajstić information content (AvgIpc) is 3.21. The Morgan fingerprint density at radius 1 is 1.14 bits per heavy atom. The number of hydrogen-bond acceptors (Lipinski definition) is 5. The highest BCUT2D eigenvalue weighted by Crippen LogP contribution is 2.49. The van der Waals surface area contributed by atoms with Gasteiger partial charge >= 0.3 is 0 Å². The van der Waals surface area contributed by atoms with Crippen molar-refractivity contribution in [1.82, 2.24) is 9.91 Å². The molecule has 1 atom stereocenters. The number of carbonyl (C=O) groups excluding carboxylic acids is 1. The third kappa shape index (κ3) is 2.94. The molecule has 0 N–H and O–H groups in total. The van der Waals surface area contributed by atoms with Gasteiger partial charge in [0.25, 0.3) is 0 Å². The van der Waals surface area contributed by atoms with Crippen LogP contribution in [0, 0.1) is 0 Å². The molecule has 3 heterocycles. The van der Waals surface area contributed by atoms with Crippen LogP contribution in [0.5, 0.6) is 11.5 Å². The van der Waals surface area contributed by atoms with Crippen LogP contribution in [0.3, 0.4) is 0 Å². The average molecular weight is 391 g/mol. The van der Waals surface area contributed by atoms with E-state index in [9.17, 15) is 4.79 Å². The van der Waals surface area contributed by atoms with Gasteiger partial charge in [-0.2, -0.15) is 5.10 Å². The summed E-state index contributed by atoms with van der Waals surface area (Å²) in [5, 5.41) is 7.24. The van der Waals surface area contributed by atoms with Crippen LogP contribution in [0.2, 0.25) is 0 Å². The molecule has 6 nitrogen and oxygen atoms in total. The minimum absolute atomic E-state index is 0.122. The van der Waals surface area contributed by atoms with Gasteiger partial charge < -0.3 is 14.4 Å². The second-order valence-corrected chi connectivity index (χ2v) is 7.93. The van der Waals surface area contributed by atoms with Crippen molar-refractivity contribution >= 4 is 11.6 Å². The van der Waals surface area contributed by atoms with Gasteiger partial charge in [0.05, 0.1) is 18.9 Å². The number of nitrogens with zero attached hydrogens (tertiary/aromatic N) is 3. The van der Waals surface area contributed by atoms with Crippen LogP contribution in [0.4, 0.5) is 0 Å². The summed E-state index contributed by atoms with van der Waals surface area (Å²) in [4.78, 5) is 13.7. The molecule has 1 saturated heterocycles. The Hall–Kier alpha value is -3.02. The number of carbonyl (C=O) groups is 1. The molecule has 0 saturated carbocycles. The maximum Gasteiger partial charge on any atom is 0.219 e. The Morgan fingerprint density at radius 2 is 1.86 bits per heavy atom. The lowest BCUT2D eigenvalue weighted by Crippen LogP contribution is -2.59. The molecule has 1 spiro atoms. The Bertz CT molecular complexity index is 962. The molecule has 1 unspecified atom stereocenters. The highest BCUT2D eigenvalue weighted by molar-refractivity contribution is 6.02. The van der Waals surface area contributed by atoms with Crippen molar-refractivity contribution in [2.45, 2.75) is 38.0 Å². The molecule has 0 bridgehead atoms. The topological polar surface area (TPSA) is 54.4 Å². The van der Waals surface area contributed by atoms with Crippen molar-refractivity contribution < 1.29 is 14.3 Å². The zero-order valence-electron chi connectivity index (χ0n) is 16.8. The van der Waals surface area contributed by atoms with Gasteiger partial charge in [-0.25, -0.2) is 5.01 Å². The van der Waals surface area contributed by atoms with E-state index in [-0.39, 0.29) is 11.9 Å². The van der Waals surface area contributed by atoms with Gasteiger partial charge in [-0.1, -0.05) is 18.2 Å². The van der Waals surface area contributed by atoms with Crippen LogP contribution < -0.4 is 9.47 Å². The Kier molecular flexibility index (Phi) is 4.23. The third-order valence-corrected chi connectivity index (χ3v) is 6.32. The first-order valence-corrected chi connectivity index (χ1v) is 10.1. The Morgan fingerprint density at radius 3 is 2.55 bits per heavy atom. The number of para-hydroxylation sites is 1. The van der Waals surface area contributed by atoms with E-state index in [1.54, 1.807) is 14.0 Å². The summed E-state index contributed by atoms with van der Waals surface area (Å²) in [6, 6.07) is 16.5. The number of ether oxygens (including phenoxy) is 2. The van der Waals surface area contributed by atoms with E-state index in [1.807, 2.05) is 23.1 Å². The number of hydrazone groups is 1. The smallest absolute Gasteiger partial charge is 0.219 e. The minimum atomic E-state index is -0.501. The van der Waals surface area contributed by atoms with Crippen LogP contribution in [0.15, 0.2) is 53.6 Å². The number of hydrogen-bond donors (Lipinski definition) is 0. The van der Waals surface area contributed by atoms with Gasteiger partial charge in [-0.15, -0.1) is 0 Å². The molecule has 0 aromatic heterocycles. The normalized spacial score (nSPS) is 21.9. The van der Waals surface area contributed by atoms with Gasteiger partial charge in [0.15, 0.2) is 0 Å². The molecule has 1 amide bonds. The predicted molar refractivity (Wildman–Crippen MR) is 110 cm³/mol. The largest absolute Gasteiger partial charge is 0.497 e. The maximum atomic E-state index is 11.8. The first kappa shape index (κ1) is 18.0. The molecule has 1 fully saturated rings. The van der Waals surface area contributed by atoms with Gasteiger partial charge in [-0.05, 0) is 35.9 Å². The molecule has 2 aromatic rings. The summed E-state index contributed by atoms with van der Waals surface area (Å²) in [7, 11) is 1.67. The quantitative estimate of drug-likeness (QED) is 0.785. The molecule has 150 valence electrons. The maximum absolute atomic E-state index is 11.8. The SMILES string of the molecule is COc1ccc(C2=NN3C(C2)c2ccccc2OC32CCN(C(C)=O)CC2)cc1. The lowest BCUT2D eigenvalue weighted by molar-refractivity contribution is -0.158. The molecule has 0 radical (unpaired) electrons. The van der Waals surface area contributed by atoms with Crippen LogP contribution in [0.25, 0.3) is 0 Å². The second kappa shape index (κ2) is 6.79. The summed E-state index contributed by atoms with van der Waals surface area (Å²) in [5.74, 6) is 1.90. The highest BCUT2D eigenvalue weighted by Gasteiger charge is 2.51. The van der Waals surface area contributed by atoms with Crippen molar-refractivity contribution in [3.63, 3.8) is 0 Å². The lowest BCUT2D eigenvalue weighted by atomic mass is 9.90. The van der Waals surface area contributed by atoms with E-state index in [0.717, 1.165) is 42.0 Å². The first-order chi connectivity index (χ1) is 14.1. The standard InChI is InChI=1S/C23H25N3O3/c1-16(27)25-13-11-23(12-14-25)26-21(19-5-3-4-6-22(19)29-23)15-20(24-26)17-7-9-18(28-2)10-8-17/h3-10,21H,11-15H2,1-2H3. The predicted octanol–water partition coefficient (Wildman–Crippen LogP) is 3.58. The lowest BCUT2D eigenvalue weighted by Gasteiger charge is -2.51. The van der Waals surface area contributed by atoms with E-state index in [2.05, 4.69) is 35.3 Å². The zero-order valence-corrected chi connectivity index (χ0v) is 16.8. The number of fused-ring (bicyclic) bond motifs is 4. The van der Waals surface area contributed by atoms with Crippen molar-refractivity contribution in [1.29, 1.82) is 0 Å². The van der Waals surface area contributed by atoms with Crippen molar-refractivity contribution in [3.8, 4) is 11.5 Å². The second-order valence-electron chi connectivity index (χ2n) is 7.93. The fourth-order valence-corrected chi connectivity index (χ4v) is 4.69. The number of piperidine rings is 1. The van der Waals surface area contributed by atoms with Crippen LogP contribution in [-0.2, 0) is 4.79 Å². The Balaban J connectivity index is 1.51. The van der Waals surface area contributed by atoms with E-state index >= 15 is 0 Å². The highest BCUT2D eigenvalue weighted by atomic mass is 16.5. The monoisotopic (exact) mass is 391 g/mol. The molecular formula is C23H25N3O3.